The minimum atomic E-state index is 0.213. The quantitative estimate of drug-likeness (QED) is 0.583. The Labute approximate surface area is 207 Å². The smallest absolute Gasteiger partial charge is 0.219 e. The number of hydrogen-bond donors (Lipinski definition) is 0. The molecule has 2 aromatic rings. The minimum absolute atomic E-state index is 0.213. The monoisotopic (exact) mass is 463 g/mol. The molecule has 0 aliphatic carbocycles. The van der Waals surface area contributed by atoms with Crippen molar-refractivity contribution in [3.8, 4) is 0 Å². The summed E-state index contributed by atoms with van der Waals surface area (Å²) in [6, 6.07) is 21.7. The molecule has 1 heterocycles. The van der Waals surface area contributed by atoms with Crippen LogP contribution in [0, 0.1) is 11.8 Å². The summed E-state index contributed by atoms with van der Waals surface area (Å²) in [5.74, 6) is 1.23. The molecule has 2 aromatic carbocycles. The second kappa shape index (κ2) is 14.3. The summed E-state index contributed by atoms with van der Waals surface area (Å²) < 4.78 is 0. The van der Waals surface area contributed by atoms with Crippen LogP contribution in [0.25, 0.3) is 0 Å². The van der Waals surface area contributed by atoms with Crippen molar-refractivity contribution in [3.05, 3.63) is 71.8 Å². The number of rotatable bonds is 4. The van der Waals surface area contributed by atoms with Gasteiger partial charge in [-0.2, -0.15) is 0 Å². The molecule has 1 fully saturated rings. The molecule has 1 aliphatic rings. The first-order valence-electron chi connectivity index (χ1n) is 13.3. The summed E-state index contributed by atoms with van der Waals surface area (Å²) in [6.45, 7) is 14.5. The van der Waals surface area contributed by atoms with E-state index in [0.29, 0.717) is 11.8 Å². The van der Waals surface area contributed by atoms with Crippen LogP contribution in [-0.2, 0) is 17.9 Å². The van der Waals surface area contributed by atoms with Crippen molar-refractivity contribution in [1.82, 2.24) is 14.7 Å². The Morgan fingerprint density at radius 2 is 1.12 bits per heavy atom. The Balaban J connectivity index is 1.68. The number of nitrogens with zero attached hydrogens (tertiary/aromatic N) is 3. The number of carbonyl (C=O) groups excluding carboxylic acids is 1. The molecule has 4 heteroatoms. The molecule has 2 unspecified atom stereocenters. The molecule has 4 nitrogen and oxygen atoms in total. The van der Waals surface area contributed by atoms with E-state index < -0.39 is 0 Å². The van der Waals surface area contributed by atoms with Crippen molar-refractivity contribution in [2.24, 2.45) is 11.8 Å². The summed E-state index contributed by atoms with van der Waals surface area (Å²) in [5, 5.41) is 0. The Kier molecular flexibility index (Phi) is 11.1. The van der Waals surface area contributed by atoms with Gasteiger partial charge < -0.3 is 4.90 Å². The lowest BCUT2D eigenvalue weighted by atomic mass is 10.0. The van der Waals surface area contributed by atoms with E-state index >= 15 is 0 Å². The highest BCUT2D eigenvalue weighted by Gasteiger charge is 2.19. The number of carbonyl (C=O) groups is 1. The van der Waals surface area contributed by atoms with Crippen molar-refractivity contribution >= 4 is 5.91 Å². The van der Waals surface area contributed by atoms with Gasteiger partial charge in [-0.15, -0.1) is 0 Å². The predicted octanol–water partition coefficient (Wildman–Crippen LogP) is 5.69. The van der Waals surface area contributed by atoms with Crippen LogP contribution >= 0.6 is 0 Å². The maximum atomic E-state index is 12.4. The lowest BCUT2D eigenvalue weighted by Crippen LogP contribution is -2.38. The molecular weight excluding hydrogens is 418 g/mol. The topological polar surface area (TPSA) is 26.8 Å². The highest BCUT2D eigenvalue weighted by atomic mass is 16.2. The van der Waals surface area contributed by atoms with Gasteiger partial charge in [0.05, 0.1) is 0 Å². The van der Waals surface area contributed by atoms with E-state index in [9.17, 15) is 4.79 Å². The van der Waals surface area contributed by atoms with Crippen molar-refractivity contribution in [2.75, 3.05) is 39.3 Å². The average Bonchev–Trinajstić information content (AvgIpc) is 2.84. The predicted molar refractivity (Wildman–Crippen MR) is 142 cm³/mol. The third-order valence-corrected chi connectivity index (χ3v) is 7.08. The zero-order chi connectivity index (χ0) is 24.2. The first-order chi connectivity index (χ1) is 16.5. The van der Waals surface area contributed by atoms with E-state index in [1.807, 2.05) is 0 Å². The number of benzene rings is 2. The second-order valence-corrected chi connectivity index (χ2v) is 10.4. The number of hydrogen-bond acceptors (Lipinski definition) is 3. The summed E-state index contributed by atoms with van der Waals surface area (Å²) in [4.78, 5) is 19.7. The Hall–Kier alpha value is -2.17. The number of amides is 1. The highest BCUT2D eigenvalue weighted by molar-refractivity contribution is 5.73. The summed E-state index contributed by atoms with van der Waals surface area (Å²) in [7, 11) is 0. The van der Waals surface area contributed by atoms with Crippen LogP contribution in [0.4, 0.5) is 0 Å². The van der Waals surface area contributed by atoms with E-state index in [0.717, 1.165) is 65.2 Å². The maximum Gasteiger partial charge on any atom is 0.219 e. The molecule has 0 spiro atoms. The van der Waals surface area contributed by atoms with E-state index in [4.69, 9.17) is 0 Å². The SMILES string of the molecule is CC(=O)N1CC(C)CCN(Cc2ccccc2)CCCCN(Cc2ccccc2)CCC(C)C1. The molecule has 186 valence electrons. The van der Waals surface area contributed by atoms with Crippen LogP contribution in [-0.4, -0.2) is 59.9 Å². The van der Waals surface area contributed by atoms with Crippen LogP contribution in [0.1, 0.15) is 57.6 Å². The first-order valence-corrected chi connectivity index (χ1v) is 13.3. The van der Waals surface area contributed by atoms with E-state index in [1.54, 1.807) is 6.92 Å². The first kappa shape index (κ1) is 26.4. The van der Waals surface area contributed by atoms with Crippen molar-refractivity contribution in [1.29, 1.82) is 0 Å². The van der Waals surface area contributed by atoms with Gasteiger partial charge in [0.25, 0.3) is 0 Å². The van der Waals surface area contributed by atoms with Crippen LogP contribution in [0.5, 0.6) is 0 Å². The zero-order valence-electron chi connectivity index (χ0n) is 21.7. The third-order valence-electron chi connectivity index (χ3n) is 7.08. The van der Waals surface area contributed by atoms with Crippen molar-refractivity contribution in [2.45, 2.75) is 59.5 Å². The van der Waals surface area contributed by atoms with Gasteiger partial charge in [0.2, 0.25) is 5.91 Å². The fourth-order valence-corrected chi connectivity index (χ4v) is 4.97. The minimum Gasteiger partial charge on any atom is -0.342 e. The molecule has 1 aliphatic heterocycles. The Morgan fingerprint density at radius 3 is 1.50 bits per heavy atom. The fourth-order valence-electron chi connectivity index (χ4n) is 4.97. The lowest BCUT2D eigenvalue weighted by molar-refractivity contribution is -0.130. The highest BCUT2D eigenvalue weighted by Crippen LogP contribution is 2.16. The van der Waals surface area contributed by atoms with Crippen LogP contribution in [0.3, 0.4) is 0 Å². The lowest BCUT2D eigenvalue weighted by Gasteiger charge is -2.29. The second-order valence-electron chi connectivity index (χ2n) is 10.4. The fraction of sp³-hybridized carbons (Fsp3) is 0.567. The summed E-state index contributed by atoms with van der Waals surface area (Å²) in [6.07, 6.45) is 4.71. The zero-order valence-corrected chi connectivity index (χ0v) is 21.7. The molecule has 3 rings (SSSR count). The maximum absolute atomic E-state index is 12.4. The molecular formula is C30H45N3O. The molecule has 34 heavy (non-hydrogen) atoms. The van der Waals surface area contributed by atoms with Crippen molar-refractivity contribution in [3.63, 3.8) is 0 Å². The van der Waals surface area contributed by atoms with Gasteiger partial charge in [0.15, 0.2) is 0 Å². The van der Waals surface area contributed by atoms with Gasteiger partial charge in [-0.25, -0.2) is 0 Å². The normalized spacial score (nSPS) is 22.6. The van der Waals surface area contributed by atoms with Gasteiger partial charge >= 0.3 is 0 Å². The van der Waals surface area contributed by atoms with E-state index in [2.05, 4.69) is 89.2 Å². The standard InChI is InChI=1S/C30H45N3O/c1-26-16-20-31(24-29-12-6-4-7-13-29)18-10-11-19-32(25-30-14-8-5-9-15-30)21-17-27(2)23-33(22-26)28(3)34/h4-9,12-15,26-27H,10-11,16-25H2,1-3H3. The average molecular weight is 464 g/mol. The molecule has 0 bridgehead atoms. The van der Waals surface area contributed by atoms with Crippen LogP contribution in [0.15, 0.2) is 60.7 Å². The van der Waals surface area contributed by atoms with Gasteiger partial charge in [0.1, 0.15) is 0 Å². The third kappa shape index (κ3) is 9.60. The van der Waals surface area contributed by atoms with Crippen LogP contribution in [0.2, 0.25) is 0 Å². The molecule has 1 saturated heterocycles. The largest absolute Gasteiger partial charge is 0.342 e. The molecule has 0 radical (unpaired) electrons. The van der Waals surface area contributed by atoms with Crippen LogP contribution < -0.4 is 0 Å². The van der Waals surface area contributed by atoms with Gasteiger partial charge in [-0.05, 0) is 74.8 Å². The Bertz CT molecular complexity index is 762. The molecule has 0 aromatic heterocycles. The summed E-state index contributed by atoms with van der Waals surface area (Å²) >= 11 is 0. The molecule has 0 saturated carbocycles. The Morgan fingerprint density at radius 1 is 0.706 bits per heavy atom. The van der Waals surface area contributed by atoms with Gasteiger partial charge in [0, 0.05) is 33.1 Å². The molecule has 2 atom stereocenters. The van der Waals surface area contributed by atoms with Gasteiger partial charge in [-0.3, -0.25) is 14.6 Å². The van der Waals surface area contributed by atoms with Crippen molar-refractivity contribution < 1.29 is 4.79 Å². The molecule has 1 amide bonds. The van der Waals surface area contributed by atoms with E-state index in [-0.39, 0.29) is 5.91 Å². The van der Waals surface area contributed by atoms with Gasteiger partial charge in [-0.1, -0.05) is 74.5 Å². The van der Waals surface area contributed by atoms with E-state index in [1.165, 1.54) is 24.0 Å². The molecule has 0 N–H and O–H groups in total. The summed E-state index contributed by atoms with van der Waals surface area (Å²) in [5.41, 5.74) is 2.77.